The van der Waals surface area contributed by atoms with Crippen LogP contribution in [-0.4, -0.2) is 53.8 Å². The highest BCUT2D eigenvalue weighted by Gasteiger charge is 2.38. The van der Waals surface area contributed by atoms with E-state index in [0.29, 0.717) is 0 Å². The van der Waals surface area contributed by atoms with Crippen molar-refractivity contribution < 1.29 is 37.9 Å². The SMILES string of the molecule is CCOC(=O)c1c(C)oc(NC(=O)c2ccc3c(c2)C(=O)N(C(C)C)C3=O)c1C(=O)OCC. The molecule has 1 N–H and O–H groups in total. The first-order valence-electron chi connectivity index (χ1n) is 10.4. The fourth-order valence-electron chi connectivity index (χ4n) is 3.52. The molecule has 33 heavy (non-hydrogen) atoms. The number of imide groups is 1. The van der Waals surface area contributed by atoms with Gasteiger partial charge in [0.05, 0.1) is 24.3 Å². The fraction of sp³-hybridized carbons (Fsp3) is 0.348. The highest BCUT2D eigenvalue weighted by Crippen LogP contribution is 2.30. The molecular weight excluding hydrogens is 432 g/mol. The predicted molar refractivity (Wildman–Crippen MR) is 115 cm³/mol. The molecule has 0 aliphatic carbocycles. The summed E-state index contributed by atoms with van der Waals surface area (Å²) in [7, 11) is 0. The molecule has 0 spiro atoms. The zero-order valence-electron chi connectivity index (χ0n) is 18.9. The van der Waals surface area contributed by atoms with Crippen LogP contribution in [0, 0.1) is 6.92 Å². The van der Waals surface area contributed by atoms with Gasteiger partial charge >= 0.3 is 11.9 Å². The number of hydrogen-bond donors (Lipinski definition) is 1. The van der Waals surface area contributed by atoms with Gasteiger partial charge in [-0.3, -0.25) is 24.6 Å². The van der Waals surface area contributed by atoms with E-state index in [2.05, 4.69) is 5.32 Å². The van der Waals surface area contributed by atoms with Crippen molar-refractivity contribution in [3.8, 4) is 0 Å². The van der Waals surface area contributed by atoms with Gasteiger partial charge in [-0.15, -0.1) is 0 Å². The molecule has 1 aromatic heterocycles. The second kappa shape index (κ2) is 9.27. The van der Waals surface area contributed by atoms with Crippen molar-refractivity contribution in [1.82, 2.24) is 4.90 Å². The summed E-state index contributed by atoms with van der Waals surface area (Å²) in [6, 6.07) is 3.75. The fourth-order valence-corrected chi connectivity index (χ4v) is 3.52. The van der Waals surface area contributed by atoms with Gasteiger partial charge in [-0.1, -0.05) is 0 Å². The number of esters is 2. The quantitative estimate of drug-likeness (QED) is 0.496. The minimum absolute atomic E-state index is 0.0338. The number of aryl methyl sites for hydroxylation is 1. The zero-order valence-corrected chi connectivity index (χ0v) is 18.9. The van der Waals surface area contributed by atoms with E-state index >= 15 is 0 Å². The molecule has 3 rings (SSSR count). The number of nitrogens with zero attached hydrogens (tertiary/aromatic N) is 1. The molecule has 0 saturated carbocycles. The molecule has 0 unspecified atom stereocenters. The van der Waals surface area contributed by atoms with Gasteiger partial charge in [0.15, 0.2) is 0 Å². The third kappa shape index (κ3) is 4.23. The van der Waals surface area contributed by atoms with Crippen molar-refractivity contribution in [2.24, 2.45) is 0 Å². The largest absolute Gasteiger partial charge is 0.462 e. The van der Waals surface area contributed by atoms with Crippen molar-refractivity contribution in [3.05, 3.63) is 51.8 Å². The molecule has 174 valence electrons. The van der Waals surface area contributed by atoms with Crippen molar-refractivity contribution in [1.29, 1.82) is 0 Å². The summed E-state index contributed by atoms with van der Waals surface area (Å²) >= 11 is 0. The van der Waals surface area contributed by atoms with E-state index in [9.17, 15) is 24.0 Å². The summed E-state index contributed by atoms with van der Waals surface area (Å²) < 4.78 is 15.5. The molecule has 0 fully saturated rings. The van der Waals surface area contributed by atoms with E-state index in [1.165, 1.54) is 25.1 Å². The number of carbonyl (C=O) groups excluding carboxylic acids is 5. The van der Waals surface area contributed by atoms with E-state index in [1.807, 2.05) is 0 Å². The molecule has 1 aromatic carbocycles. The molecule has 1 aliphatic heterocycles. The Labute approximate surface area is 189 Å². The summed E-state index contributed by atoms with van der Waals surface area (Å²) in [6.45, 7) is 8.19. The second-order valence-corrected chi connectivity index (χ2v) is 7.47. The van der Waals surface area contributed by atoms with Crippen LogP contribution in [0.15, 0.2) is 22.6 Å². The Morgan fingerprint density at radius 2 is 1.55 bits per heavy atom. The van der Waals surface area contributed by atoms with E-state index in [0.717, 1.165) is 4.90 Å². The Morgan fingerprint density at radius 1 is 0.970 bits per heavy atom. The van der Waals surface area contributed by atoms with E-state index < -0.39 is 29.7 Å². The molecule has 0 radical (unpaired) electrons. The Kier molecular flexibility index (Phi) is 6.66. The van der Waals surface area contributed by atoms with Gasteiger partial charge in [0.25, 0.3) is 17.7 Å². The lowest BCUT2D eigenvalue weighted by Crippen LogP contribution is -2.35. The maximum Gasteiger partial charge on any atom is 0.344 e. The van der Waals surface area contributed by atoms with Crippen molar-refractivity contribution in [2.45, 2.75) is 40.7 Å². The van der Waals surface area contributed by atoms with Gasteiger partial charge in [-0.25, -0.2) is 9.59 Å². The van der Waals surface area contributed by atoms with E-state index in [1.54, 1.807) is 27.7 Å². The van der Waals surface area contributed by atoms with Gasteiger partial charge in [-0.2, -0.15) is 0 Å². The highest BCUT2D eigenvalue weighted by atomic mass is 16.5. The summed E-state index contributed by atoms with van der Waals surface area (Å²) in [4.78, 5) is 64.0. The molecule has 0 atom stereocenters. The Bertz CT molecular complexity index is 1160. The first kappa shape index (κ1) is 23.7. The molecule has 0 bridgehead atoms. The number of anilines is 1. The summed E-state index contributed by atoms with van der Waals surface area (Å²) in [5.74, 6) is -3.52. The number of ether oxygens (including phenoxy) is 2. The molecular formula is C23H24N2O8. The second-order valence-electron chi connectivity index (χ2n) is 7.47. The molecule has 2 heterocycles. The zero-order chi connectivity index (χ0) is 24.4. The Balaban J connectivity index is 1.97. The highest BCUT2D eigenvalue weighted by molar-refractivity contribution is 6.22. The average molecular weight is 456 g/mol. The van der Waals surface area contributed by atoms with Crippen LogP contribution in [0.2, 0.25) is 0 Å². The maximum absolute atomic E-state index is 12.9. The number of benzene rings is 1. The monoisotopic (exact) mass is 456 g/mol. The smallest absolute Gasteiger partial charge is 0.344 e. The summed E-state index contributed by atoms with van der Waals surface area (Å²) in [5, 5.41) is 2.45. The molecule has 3 amide bonds. The number of amides is 3. The Hall–Kier alpha value is -3.95. The lowest BCUT2D eigenvalue weighted by Gasteiger charge is -2.17. The normalized spacial score (nSPS) is 12.7. The van der Waals surface area contributed by atoms with Gasteiger partial charge in [0.1, 0.15) is 16.9 Å². The van der Waals surface area contributed by atoms with Gasteiger partial charge in [0, 0.05) is 11.6 Å². The van der Waals surface area contributed by atoms with Crippen LogP contribution in [0.5, 0.6) is 0 Å². The minimum Gasteiger partial charge on any atom is -0.462 e. The number of hydrogen-bond acceptors (Lipinski definition) is 8. The van der Waals surface area contributed by atoms with Crippen LogP contribution < -0.4 is 5.32 Å². The van der Waals surface area contributed by atoms with Gasteiger partial charge in [0.2, 0.25) is 5.88 Å². The van der Waals surface area contributed by atoms with Gasteiger partial charge < -0.3 is 13.9 Å². The minimum atomic E-state index is -0.866. The van der Waals surface area contributed by atoms with Crippen LogP contribution in [0.4, 0.5) is 5.88 Å². The number of furan rings is 1. The van der Waals surface area contributed by atoms with Gasteiger partial charge in [-0.05, 0) is 52.8 Å². The van der Waals surface area contributed by atoms with Crippen LogP contribution >= 0.6 is 0 Å². The first-order chi connectivity index (χ1) is 15.6. The summed E-state index contributed by atoms with van der Waals surface area (Å²) in [6.07, 6.45) is 0. The molecule has 1 aliphatic rings. The van der Waals surface area contributed by atoms with Crippen molar-refractivity contribution >= 4 is 35.5 Å². The van der Waals surface area contributed by atoms with Crippen LogP contribution in [-0.2, 0) is 9.47 Å². The molecule has 2 aromatic rings. The molecule has 10 nitrogen and oxygen atoms in total. The number of nitrogens with one attached hydrogen (secondary N) is 1. The first-order valence-corrected chi connectivity index (χ1v) is 10.4. The molecule has 0 saturated heterocycles. The summed E-state index contributed by atoms with van der Waals surface area (Å²) in [5.41, 5.74) is -0.0415. The standard InChI is InChI=1S/C23H24N2O8/c1-6-31-22(29)16-12(5)33-19(17(16)23(30)32-7-2)24-18(26)13-8-9-14-15(10-13)21(28)25(11(3)4)20(14)27/h8-11H,6-7H2,1-5H3,(H,24,26). The number of fused-ring (bicyclic) bond motifs is 1. The predicted octanol–water partition coefficient (Wildman–Crippen LogP) is 3.20. The number of rotatable bonds is 7. The van der Waals surface area contributed by atoms with Crippen LogP contribution in [0.1, 0.15) is 85.2 Å². The van der Waals surface area contributed by atoms with E-state index in [4.69, 9.17) is 13.9 Å². The maximum atomic E-state index is 12.9. The lowest BCUT2D eigenvalue weighted by atomic mass is 10.1. The van der Waals surface area contributed by atoms with Crippen LogP contribution in [0.25, 0.3) is 0 Å². The number of carbonyl (C=O) groups is 5. The lowest BCUT2D eigenvalue weighted by molar-refractivity contribution is 0.0480. The van der Waals surface area contributed by atoms with Crippen molar-refractivity contribution in [2.75, 3.05) is 18.5 Å². The Morgan fingerprint density at radius 3 is 2.12 bits per heavy atom. The van der Waals surface area contributed by atoms with Crippen LogP contribution in [0.3, 0.4) is 0 Å². The third-order valence-electron chi connectivity index (χ3n) is 4.97. The third-order valence-corrected chi connectivity index (χ3v) is 4.97. The van der Waals surface area contributed by atoms with Crippen molar-refractivity contribution in [3.63, 3.8) is 0 Å². The average Bonchev–Trinajstić information content (AvgIpc) is 3.21. The molecule has 10 heteroatoms. The topological polar surface area (TPSA) is 132 Å². The van der Waals surface area contributed by atoms with E-state index in [-0.39, 0.29) is 58.7 Å².